The van der Waals surface area contributed by atoms with E-state index in [4.69, 9.17) is 4.55 Å². The van der Waals surface area contributed by atoms with Crippen LogP contribution in [0.2, 0.25) is 10.6 Å². The van der Waals surface area contributed by atoms with Gasteiger partial charge in [-0.1, -0.05) is 26.2 Å². The molecule has 0 aliphatic carbocycles. The predicted molar refractivity (Wildman–Crippen MR) is 107 cm³/mol. The van der Waals surface area contributed by atoms with E-state index in [2.05, 4.69) is 6.92 Å². The van der Waals surface area contributed by atoms with Gasteiger partial charge in [0.25, 0.3) is 0 Å². The van der Waals surface area contributed by atoms with Crippen molar-refractivity contribution in [3.05, 3.63) is 0 Å². The number of rotatable bonds is 19. The van der Waals surface area contributed by atoms with Gasteiger partial charge in [-0.15, -0.1) is 0 Å². The molecule has 0 aromatic carbocycles. The van der Waals surface area contributed by atoms with E-state index in [0.29, 0.717) is 21.4 Å². The molecule has 0 aliphatic rings. The zero-order valence-electron chi connectivity index (χ0n) is 15.8. The third-order valence-electron chi connectivity index (χ3n) is 4.33. The molecule has 0 atom stereocenters. The zero-order chi connectivity index (χ0) is 17.9. The molecule has 0 aromatic heterocycles. The fourth-order valence-corrected chi connectivity index (χ4v) is 5.78. The molecule has 5 heteroatoms. The quantitative estimate of drug-likeness (QED) is 0.150. The van der Waals surface area contributed by atoms with E-state index in [1.807, 2.05) is 0 Å². The van der Waals surface area contributed by atoms with Gasteiger partial charge in [0.05, 0.1) is 0 Å². The molecule has 0 rings (SSSR count). The molecule has 0 amide bonds. The van der Waals surface area contributed by atoms with E-state index >= 15 is 0 Å². The third-order valence-corrected chi connectivity index (χ3v) is 7.56. The Bertz CT molecular complexity index is 345. The molecule has 1 N–H and O–H groups in total. The van der Waals surface area contributed by atoms with E-state index in [1.165, 1.54) is 95.2 Å². The maximum absolute atomic E-state index is 10.6. The summed E-state index contributed by atoms with van der Waals surface area (Å²) < 4.78 is 29.8. The van der Waals surface area contributed by atoms with Crippen LogP contribution >= 0.6 is 0 Å². The molecular formula is C19H40O3SSe. The van der Waals surface area contributed by atoms with Gasteiger partial charge in [-0.3, -0.25) is 0 Å². The first-order valence-corrected chi connectivity index (χ1v) is 14.1. The van der Waals surface area contributed by atoms with E-state index < -0.39 is 10.1 Å². The maximum atomic E-state index is 10.6. The standard InChI is InChI=1S/C19H40O3SSe/c1-2-3-4-5-6-7-8-9-10-11-12-13-14-15-18-24-19-16-17-23(20,21)22/h2-19H2,1H3,(H,20,21,22). The van der Waals surface area contributed by atoms with Crippen LogP contribution in [0.15, 0.2) is 0 Å². The monoisotopic (exact) mass is 428 g/mol. The second-order valence-corrected chi connectivity index (χ2v) is 11.0. The van der Waals surface area contributed by atoms with Crippen molar-refractivity contribution < 1.29 is 13.0 Å². The van der Waals surface area contributed by atoms with Crippen molar-refractivity contribution in [3.8, 4) is 0 Å². The first-order valence-electron chi connectivity index (χ1n) is 10.1. The van der Waals surface area contributed by atoms with E-state index in [0.717, 1.165) is 5.32 Å². The van der Waals surface area contributed by atoms with Gasteiger partial charge in [-0.25, -0.2) is 0 Å². The summed E-state index contributed by atoms with van der Waals surface area (Å²) in [5.74, 6) is -0.0620. The normalized spacial score (nSPS) is 11.9. The van der Waals surface area contributed by atoms with Crippen LogP contribution in [0, 0.1) is 0 Å². The second kappa shape index (κ2) is 18.2. The Morgan fingerprint density at radius 2 is 1.00 bits per heavy atom. The molecule has 0 spiro atoms. The third kappa shape index (κ3) is 22.4. The van der Waals surface area contributed by atoms with Crippen molar-refractivity contribution in [3.63, 3.8) is 0 Å². The first kappa shape index (κ1) is 24.4. The molecule has 146 valence electrons. The minimum atomic E-state index is -3.74. The first-order chi connectivity index (χ1) is 11.6. The Kier molecular flexibility index (Phi) is 18.6. The van der Waals surface area contributed by atoms with E-state index in [-0.39, 0.29) is 5.75 Å². The molecule has 0 bridgehead atoms. The summed E-state index contributed by atoms with van der Waals surface area (Å²) in [7, 11) is -3.74. The van der Waals surface area contributed by atoms with Crippen LogP contribution in [0.3, 0.4) is 0 Å². The second-order valence-electron chi connectivity index (χ2n) is 6.85. The summed E-state index contributed by atoms with van der Waals surface area (Å²) in [6.45, 7) is 2.27. The topological polar surface area (TPSA) is 54.4 Å². The van der Waals surface area contributed by atoms with Crippen LogP contribution in [0.25, 0.3) is 0 Å². The van der Waals surface area contributed by atoms with Gasteiger partial charge in [-0.05, 0) is 0 Å². The molecule has 0 unspecified atom stereocenters. The van der Waals surface area contributed by atoms with Crippen molar-refractivity contribution in [2.45, 2.75) is 114 Å². The van der Waals surface area contributed by atoms with Gasteiger partial charge in [0, 0.05) is 0 Å². The van der Waals surface area contributed by atoms with Gasteiger partial charge in [0.2, 0.25) is 0 Å². The van der Waals surface area contributed by atoms with Crippen LogP contribution in [-0.4, -0.2) is 33.7 Å². The molecule has 0 radical (unpaired) electrons. The van der Waals surface area contributed by atoms with Crippen LogP contribution in [0.5, 0.6) is 0 Å². The van der Waals surface area contributed by atoms with Crippen molar-refractivity contribution in [1.82, 2.24) is 0 Å². The van der Waals surface area contributed by atoms with Gasteiger partial charge in [-0.2, -0.15) is 0 Å². The summed E-state index contributed by atoms with van der Waals surface area (Å²) in [6, 6.07) is 0. The van der Waals surface area contributed by atoms with Crippen LogP contribution < -0.4 is 0 Å². The van der Waals surface area contributed by atoms with Gasteiger partial charge in [0.15, 0.2) is 0 Å². The van der Waals surface area contributed by atoms with Crippen molar-refractivity contribution in [2.75, 3.05) is 5.75 Å². The molecule has 3 nitrogen and oxygen atoms in total. The number of hydrogen-bond donors (Lipinski definition) is 1. The van der Waals surface area contributed by atoms with Crippen LogP contribution in [0.1, 0.15) is 103 Å². The summed E-state index contributed by atoms with van der Waals surface area (Å²) in [6.07, 6.45) is 20.1. The molecule has 0 aliphatic heterocycles. The Morgan fingerprint density at radius 1 is 0.625 bits per heavy atom. The molecular weight excluding hydrogens is 387 g/mol. The zero-order valence-corrected chi connectivity index (χ0v) is 18.3. The Hall–Kier alpha value is 0.429. The predicted octanol–water partition coefficient (Wildman–Crippen LogP) is 6.29. The Balaban J connectivity index is 3.03. The van der Waals surface area contributed by atoms with Crippen molar-refractivity contribution in [1.29, 1.82) is 0 Å². The molecule has 0 fully saturated rings. The fourth-order valence-electron chi connectivity index (χ4n) is 2.84. The van der Waals surface area contributed by atoms with Gasteiger partial charge >= 0.3 is 131 Å². The number of hydrogen-bond acceptors (Lipinski definition) is 2. The van der Waals surface area contributed by atoms with Crippen molar-refractivity contribution >= 4 is 25.1 Å². The summed E-state index contributed by atoms with van der Waals surface area (Å²) in [5, 5.41) is 2.24. The fraction of sp³-hybridized carbons (Fsp3) is 1.00. The minimum absolute atomic E-state index is 0.0620. The summed E-state index contributed by atoms with van der Waals surface area (Å²) in [5.41, 5.74) is 0. The molecule has 24 heavy (non-hydrogen) atoms. The van der Waals surface area contributed by atoms with E-state index in [9.17, 15) is 8.42 Å². The molecule has 0 heterocycles. The average Bonchev–Trinajstić information content (AvgIpc) is 2.52. The van der Waals surface area contributed by atoms with Crippen LogP contribution in [0.4, 0.5) is 0 Å². The van der Waals surface area contributed by atoms with Crippen LogP contribution in [-0.2, 0) is 10.1 Å². The van der Waals surface area contributed by atoms with Gasteiger partial charge in [0.1, 0.15) is 0 Å². The van der Waals surface area contributed by atoms with E-state index in [1.54, 1.807) is 0 Å². The molecule has 0 aromatic rings. The van der Waals surface area contributed by atoms with Crippen molar-refractivity contribution in [2.24, 2.45) is 0 Å². The molecule has 0 saturated heterocycles. The van der Waals surface area contributed by atoms with Gasteiger partial charge < -0.3 is 0 Å². The summed E-state index contributed by atoms with van der Waals surface area (Å²) >= 11 is 0.557. The SMILES string of the molecule is CCCCCCCCCCCCCCCC[Se]CCCS(=O)(=O)O. The Labute approximate surface area is 157 Å². The average molecular weight is 428 g/mol. The Morgan fingerprint density at radius 3 is 1.42 bits per heavy atom. The molecule has 0 saturated carbocycles. The summed E-state index contributed by atoms with van der Waals surface area (Å²) in [4.78, 5) is 0. The number of unbranched alkanes of at least 4 members (excludes halogenated alkanes) is 13.